The molecule has 14 heavy (non-hydrogen) atoms. The third kappa shape index (κ3) is 3.23. The second-order valence-corrected chi connectivity index (χ2v) is 3.79. The Morgan fingerprint density at radius 2 is 2.36 bits per heavy atom. The highest BCUT2D eigenvalue weighted by Crippen LogP contribution is 1.99. The Morgan fingerprint density at radius 1 is 1.57 bits per heavy atom. The second kappa shape index (κ2) is 5.93. The van der Waals surface area contributed by atoms with Crippen LogP contribution in [0.4, 0.5) is 0 Å². The maximum Gasteiger partial charge on any atom is 0.267 e. The topological polar surface area (TPSA) is 44.1 Å². The SMILES string of the molecule is COCCCCn1cncc(Br)c1=O. The van der Waals surface area contributed by atoms with E-state index >= 15 is 0 Å². The van der Waals surface area contributed by atoms with Crippen molar-refractivity contribution in [2.45, 2.75) is 19.4 Å². The highest BCUT2D eigenvalue weighted by atomic mass is 79.9. The van der Waals surface area contributed by atoms with E-state index in [-0.39, 0.29) is 5.56 Å². The molecule has 78 valence electrons. The van der Waals surface area contributed by atoms with Crippen molar-refractivity contribution < 1.29 is 4.74 Å². The highest BCUT2D eigenvalue weighted by Gasteiger charge is 1.99. The van der Waals surface area contributed by atoms with E-state index in [1.54, 1.807) is 18.0 Å². The monoisotopic (exact) mass is 260 g/mol. The van der Waals surface area contributed by atoms with Crippen molar-refractivity contribution in [2.24, 2.45) is 0 Å². The van der Waals surface area contributed by atoms with Crippen molar-refractivity contribution in [2.75, 3.05) is 13.7 Å². The molecule has 0 aliphatic rings. The van der Waals surface area contributed by atoms with Crippen LogP contribution in [-0.2, 0) is 11.3 Å². The first-order valence-corrected chi connectivity index (χ1v) is 5.24. The molecule has 0 aliphatic carbocycles. The van der Waals surface area contributed by atoms with Crippen LogP contribution in [0.5, 0.6) is 0 Å². The minimum Gasteiger partial charge on any atom is -0.385 e. The van der Waals surface area contributed by atoms with Crippen LogP contribution in [0.3, 0.4) is 0 Å². The maximum atomic E-state index is 11.5. The van der Waals surface area contributed by atoms with Crippen molar-refractivity contribution in [1.29, 1.82) is 0 Å². The Bertz CT molecular complexity index is 338. The van der Waals surface area contributed by atoms with E-state index < -0.39 is 0 Å². The largest absolute Gasteiger partial charge is 0.385 e. The zero-order chi connectivity index (χ0) is 10.4. The summed E-state index contributed by atoms with van der Waals surface area (Å²) in [7, 11) is 1.67. The standard InChI is InChI=1S/C9H13BrN2O2/c1-14-5-3-2-4-12-7-11-6-8(10)9(12)13/h6-7H,2-5H2,1H3. The molecule has 0 aliphatic heterocycles. The van der Waals surface area contributed by atoms with Crippen molar-refractivity contribution in [3.8, 4) is 0 Å². The Labute approximate surface area is 91.0 Å². The second-order valence-electron chi connectivity index (χ2n) is 2.94. The lowest BCUT2D eigenvalue weighted by Gasteiger charge is -2.04. The molecule has 0 bridgehead atoms. The Kier molecular flexibility index (Phi) is 4.82. The zero-order valence-corrected chi connectivity index (χ0v) is 9.66. The molecule has 0 saturated carbocycles. The third-order valence-electron chi connectivity index (χ3n) is 1.86. The van der Waals surface area contributed by atoms with Crippen LogP contribution in [0.25, 0.3) is 0 Å². The fourth-order valence-corrected chi connectivity index (χ4v) is 1.46. The number of halogens is 1. The van der Waals surface area contributed by atoms with Crippen molar-refractivity contribution in [3.05, 3.63) is 27.4 Å². The summed E-state index contributed by atoms with van der Waals surface area (Å²) in [5.74, 6) is 0. The molecule has 0 spiro atoms. The molecule has 0 amide bonds. The maximum absolute atomic E-state index is 11.5. The van der Waals surface area contributed by atoms with Crippen molar-refractivity contribution >= 4 is 15.9 Å². The minimum absolute atomic E-state index is 0.0302. The van der Waals surface area contributed by atoms with Crippen LogP contribution in [0.1, 0.15) is 12.8 Å². The summed E-state index contributed by atoms with van der Waals surface area (Å²) in [6.45, 7) is 1.42. The summed E-state index contributed by atoms with van der Waals surface area (Å²) >= 11 is 3.15. The van der Waals surface area contributed by atoms with Gasteiger partial charge in [-0.3, -0.25) is 9.36 Å². The van der Waals surface area contributed by atoms with E-state index in [2.05, 4.69) is 20.9 Å². The molecule has 0 saturated heterocycles. The first-order valence-electron chi connectivity index (χ1n) is 4.44. The smallest absolute Gasteiger partial charge is 0.267 e. The number of nitrogens with zero attached hydrogens (tertiary/aromatic N) is 2. The third-order valence-corrected chi connectivity index (χ3v) is 2.40. The number of rotatable bonds is 5. The van der Waals surface area contributed by atoms with Gasteiger partial charge in [0.15, 0.2) is 0 Å². The Hall–Kier alpha value is -0.680. The van der Waals surface area contributed by atoms with Crippen LogP contribution in [0, 0.1) is 0 Å². The van der Waals surface area contributed by atoms with Crippen LogP contribution < -0.4 is 5.56 Å². The molecule has 4 nitrogen and oxygen atoms in total. The van der Waals surface area contributed by atoms with Gasteiger partial charge in [-0.2, -0.15) is 0 Å². The molecule has 0 unspecified atom stereocenters. The molecule has 1 rings (SSSR count). The lowest BCUT2D eigenvalue weighted by Crippen LogP contribution is -2.20. The van der Waals surface area contributed by atoms with Gasteiger partial charge in [-0.15, -0.1) is 0 Å². The summed E-state index contributed by atoms with van der Waals surface area (Å²) in [6, 6.07) is 0. The average Bonchev–Trinajstić information content (AvgIpc) is 2.19. The molecular weight excluding hydrogens is 248 g/mol. The predicted molar refractivity (Wildman–Crippen MR) is 57.3 cm³/mol. The number of ether oxygens (including phenoxy) is 1. The van der Waals surface area contributed by atoms with Gasteiger partial charge in [0.25, 0.3) is 5.56 Å². The van der Waals surface area contributed by atoms with Gasteiger partial charge in [0.2, 0.25) is 0 Å². The quantitative estimate of drug-likeness (QED) is 0.753. The van der Waals surface area contributed by atoms with Crippen LogP contribution in [0.15, 0.2) is 21.8 Å². The highest BCUT2D eigenvalue weighted by molar-refractivity contribution is 9.10. The molecule has 0 radical (unpaired) electrons. The number of aryl methyl sites for hydroxylation is 1. The molecule has 1 aromatic heterocycles. The molecule has 0 N–H and O–H groups in total. The average molecular weight is 261 g/mol. The number of hydrogen-bond acceptors (Lipinski definition) is 3. The summed E-state index contributed by atoms with van der Waals surface area (Å²) in [4.78, 5) is 15.4. The van der Waals surface area contributed by atoms with E-state index in [0.29, 0.717) is 11.0 Å². The summed E-state index contributed by atoms with van der Waals surface area (Å²) in [6.07, 6.45) is 4.94. The van der Waals surface area contributed by atoms with Gasteiger partial charge in [0.1, 0.15) is 4.47 Å². The fraction of sp³-hybridized carbons (Fsp3) is 0.556. The van der Waals surface area contributed by atoms with E-state index in [4.69, 9.17) is 4.74 Å². The first kappa shape index (κ1) is 11.4. The Morgan fingerprint density at radius 3 is 3.07 bits per heavy atom. The normalized spacial score (nSPS) is 10.4. The van der Waals surface area contributed by atoms with Crippen LogP contribution >= 0.6 is 15.9 Å². The molecule has 0 fully saturated rings. The van der Waals surface area contributed by atoms with Crippen molar-refractivity contribution in [1.82, 2.24) is 9.55 Å². The molecular formula is C9H13BrN2O2. The van der Waals surface area contributed by atoms with Gasteiger partial charge >= 0.3 is 0 Å². The van der Waals surface area contributed by atoms with Gasteiger partial charge in [-0.25, -0.2) is 4.98 Å². The lowest BCUT2D eigenvalue weighted by molar-refractivity contribution is 0.191. The number of hydrogen-bond donors (Lipinski definition) is 0. The number of unbranched alkanes of at least 4 members (excludes halogenated alkanes) is 1. The molecule has 1 aromatic rings. The van der Waals surface area contributed by atoms with E-state index in [1.165, 1.54) is 6.20 Å². The number of aromatic nitrogens is 2. The summed E-state index contributed by atoms with van der Waals surface area (Å²) in [5, 5.41) is 0. The van der Waals surface area contributed by atoms with Gasteiger partial charge in [-0.05, 0) is 28.8 Å². The molecule has 5 heteroatoms. The fourth-order valence-electron chi connectivity index (χ4n) is 1.11. The molecule has 0 atom stereocenters. The van der Waals surface area contributed by atoms with E-state index in [1.807, 2.05) is 0 Å². The van der Waals surface area contributed by atoms with Gasteiger partial charge in [0, 0.05) is 26.5 Å². The van der Waals surface area contributed by atoms with Gasteiger partial charge in [0.05, 0.1) is 6.33 Å². The van der Waals surface area contributed by atoms with Gasteiger partial charge < -0.3 is 4.74 Å². The van der Waals surface area contributed by atoms with Crippen LogP contribution in [-0.4, -0.2) is 23.3 Å². The van der Waals surface area contributed by atoms with E-state index in [9.17, 15) is 4.79 Å². The van der Waals surface area contributed by atoms with Crippen LogP contribution in [0.2, 0.25) is 0 Å². The van der Waals surface area contributed by atoms with Gasteiger partial charge in [-0.1, -0.05) is 0 Å². The Balaban J connectivity index is 2.51. The predicted octanol–water partition coefficient (Wildman–Crippen LogP) is 1.43. The summed E-state index contributed by atoms with van der Waals surface area (Å²) in [5.41, 5.74) is -0.0302. The molecule has 1 heterocycles. The minimum atomic E-state index is -0.0302. The van der Waals surface area contributed by atoms with E-state index in [0.717, 1.165) is 19.4 Å². The zero-order valence-electron chi connectivity index (χ0n) is 8.07. The first-order chi connectivity index (χ1) is 6.75. The number of methoxy groups -OCH3 is 1. The summed E-state index contributed by atoms with van der Waals surface area (Å²) < 4.78 is 7.02. The molecule has 0 aromatic carbocycles. The van der Waals surface area contributed by atoms with Crippen molar-refractivity contribution in [3.63, 3.8) is 0 Å². The lowest BCUT2D eigenvalue weighted by atomic mass is 10.3.